The van der Waals surface area contributed by atoms with Gasteiger partial charge in [-0.2, -0.15) is 0 Å². The van der Waals surface area contributed by atoms with Crippen molar-refractivity contribution in [2.75, 3.05) is 37.7 Å². The quantitative estimate of drug-likeness (QED) is 0.904. The molecular weight excluding hydrogens is 274 g/mol. The van der Waals surface area contributed by atoms with Gasteiger partial charge in [0.05, 0.1) is 17.8 Å². The first-order valence-electron chi connectivity index (χ1n) is 6.97. The van der Waals surface area contributed by atoms with Crippen LogP contribution in [-0.4, -0.2) is 48.8 Å². The molecule has 7 heteroatoms. The topological polar surface area (TPSA) is 78.8 Å². The van der Waals surface area contributed by atoms with Crippen LogP contribution in [-0.2, 0) is 4.74 Å². The van der Waals surface area contributed by atoms with Gasteiger partial charge in [0.15, 0.2) is 5.58 Å². The van der Waals surface area contributed by atoms with Crippen LogP contribution in [0.2, 0.25) is 0 Å². The molecule has 1 aliphatic rings. The first kappa shape index (κ1) is 13.5. The molecule has 0 saturated carbocycles. The predicted octanol–water partition coefficient (Wildman–Crippen LogP) is 1.40. The molecule has 7 nitrogen and oxygen atoms in total. The summed E-state index contributed by atoms with van der Waals surface area (Å²) in [6.07, 6.45) is -0.275. The molecule has 1 fully saturated rings. The standard InChI is InChI=1S/C14H17N3O4/c1-2-20-14(19)17-8-6-16(7-9-17)11-5-3-4-10-12(11)21-13(18)15-10/h3-5H,2,6-9H2,1H3,(H,15,18). The number of aromatic nitrogens is 1. The molecule has 0 aliphatic carbocycles. The normalized spacial score (nSPS) is 15.5. The molecule has 1 saturated heterocycles. The molecule has 1 aliphatic heterocycles. The molecule has 112 valence electrons. The number of carbonyl (C=O) groups is 1. The van der Waals surface area contributed by atoms with Crippen LogP contribution in [0, 0.1) is 0 Å². The van der Waals surface area contributed by atoms with Crippen LogP contribution in [0.5, 0.6) is 0 Å². The van der Waals surface area contributed by atoms with Gasteiger partial charge in [0, 0.05) is 26.2 Å². The second-order valence-corrected chi connectivity index (χ2v) is 4.84. The Bertz CT molecular complexity index is 698. The number of anilines is 1. The minimum absolute atomic E-state index is 0.275. The number of para-hydroxylation sites is 1. The van der Waals surface area contributed by atoms with Crippen LogP contribution >= 0.6 is 0 Å². The summed E-state index contributed by atoms with van der Waals surface area (Å²) >= 11 is 0. The Hall–Kier alpha value is -2.44. The Kier molecular flexibility index (Phi) is 3.55. The molecule has 2 aromatic rings. The molecular formula is C14H17N3O4. The highest BCUT2D eigenvalue weighted by Crippen LogP contribution is 2.25. The zero-order valence-electron chi connectivity index (χ0n) is 11.8. The zero-order valence-corrected chi connectivity index (χ0v) is 11.8. The maximum Gasteiger partial charge on any atom is 0.417 e. The number of H-pyrrole nitrogens is 1. The van der Waals surface area contributed by atoms with Crippen molar-refractivity contribution in [2.24, 2.45) is 0 Å². The Morgan fingerprint density at radius 1 is 1.33 bits per heavy atom. The summed E-state index contributed by atoms with van der Waals surface area (Å²) in [6, 6.07) is 5.60. The molecule has 1 amide bonds. The fourth-order valence-corrected chi connectivity index (χ4v) is 2.55. The van der Waals surface area contributed by atoms with Crippen molar-refractivity contribution in [3.8, 4) is 0 Å². The van der Waals surface area contributed by atoms with E-state index in [-0.39, 0.29) is 6.09 Å². The van der Waals surface area contributed by atoms with E-state index >= 15 is 0 Å². The Balaban J connectivity index is 1.77. The van der Waals surface area contributed by atoms with E-state index in [1.54, 1.807) is 17.9 Å². The number of carbonyl (C=O) groups excluding carboxylic acids is 1. The third-order valence-corrected chi connectivity index (χ3v) is 3.57. The molecule has 1 aromatic heterocycles. The summed E-state index contributed by atoms with van der Waals surface area (Å²) in [4.78, 5) is 29.4. The molecule has 2 heterocycles. The summed E-state index contributed by atoms with van der Waals surface area (Å²) in [6.45, 7) is 4.70. The van der Waals surface area contributed by atoms with Crippen molar-refractivity contribution < 1.29 is 13.9 Å². The lowest BCUT2D eigenvalue weighted by atomic mass is 10.2. The lowest BCUT2D eigenvalue weighted by Gasteiger charge is -2.35. The van der Waals surface area contributed by atoms with Gasteiger partial charge in [-0.25, -0.2) is 9.59 Å². The number of oxazole rings is 1. The number of amides is 1. The number of nitrogens with zero attached hydrogens (tertiary/aromatic N) is 2. The molecule has 1 aromatic carbocycles. The minimum atomic E-state index is -0.456. The summed E-state index contributed by atoms with van der Waals surface area (Å²) < 4.78 is 10.2. The van der Waals surface area contributed by atoms with Crippen molar-refractivity contribution in [1.82, 2.24) is 9.88 Å². The molecule has 0 radical (unpaired) electrons. The largest absolute Gasteiger partial charge is 0.450 e. The van der Waals surface area contributed by atoms with Crippen LogP contribution in [0.25, 0.3) is 11.1 Å². The van der Waals surface area contributed by atoms with E-state index in [0.29, 0.717) is 43.9 Å². The first-order valence-corrected chi connectivity index (χ1v) is 6.97. The van der Waals surface area contributed by atoms with Gasteiger partial charge in [-0.3, -0.25) is 4.98 Å². The Morgan fingerprint density at radius 3 is 2.81 bits per heavy atom. The van der Waals surface area contributed by atoms with Gasteiger partial charge in [-0.15, -0.1) is 0 Å². The zero-order chi connectivity index (χ0) is 14.8. The monoisotopic (exact) mass is 291 g/mol. The van der Waals surface area contributed by atoms with Crippen LogP contribution in [0.15, 0.2) is 27.4 Å². The minimum Gasteiger partial charge on any atom is -0.450 e. The summed E-state index contributed by atoms with van der Waals surface area (Å²) in [7, 11) is 0. The fraction of sp³-hybridized carbons (Fsp3) is 0.429. The number of piperazine rings is 1. The van der Waals surface area contributed by atoms with E-state index in [4.69, 9.17) is 9.15 Å². The highest BCUT2D eigenvalue weighted by atomic mass is 16.6. The smallest absolute Gasteiger partial charge is 0.417 e. The third-order valence-electron chi connectivity index (χ3n) is 3.57. The van der Waals surface area contributed by atoms with E-state index in [1.165, 1.54) is 0 Å². The van der Waals surface area contributed by atoms with Gasteiger partial charge >= 0.3 is 11.8 Å². The van der Waals surface area contributed by atoms with Gasteiger partial charge in [0.25, 0.3) is 0 Å². The van der Waals surface area contributed by atoms with E-state index in [9.17, 15) is 9.59 Å². The van der Waals surface area contributed by atoms with Gasteiger partial charge in [-0.05, 0) is 19.1 Å². The van der Waals surface area contributed by atoms with E-state index in [0.717, 1.165) is 5.69 Å². The van der Waals surface area contributed by atoms with Crippen molar-refractivity contribution >= 4 is 22.9 Å². The number of nitrogens with one attached hydrogen (secondary N) is 1. The number of rotatable bonds is 2. The Labute approximate surface area is 121 Å². The molecule has 0 unspecified atom stereocenters. The van der Waals surface area contributed by atoms with E-state index in [1.807, 2.05) is 12.1 Å². The number of hydrogen-bond donors (Lipinski definition) is 1. The van der Waals surface area contributed by atoms with Crippen LogP contribution in [0.3, 0.4) is 0 Å². The van der Waals surface area contributed by atoms with E-state index < -0.39 is 5.76 Å². The number of benzene rings is 1. The number of fused-ring (bicyclic) bond motifs is 1. The molecule has 0 atom stereocenters. The summed E-state index contributed by atoms with van der Waals surface area (Å²) in [5.41, 5.74) is 2.12. The van der Waals surface area contributed by atoms with Gasteiger partial charge in [0.1, 0.15) is 0 Å². The van der Waals surface area contributed by atoms with Crippen LogP contribution < -0.4 is 10.7 Å². The second kappa shape index (κ2) is 5.51. The predicted molar refractivity (Wildman–Crippen MR) is 77.6 cm³/mol. The average molecular weight is 291 g/mol. The molecule has 3 rings (SSSR count). The number of ether oxygens (including phenoxy) is 1. The fourth-order valence-electron chi connectivity index (χ4n) is 2.55. The number of aromatic amines is 1. The van der Waals surface area contributed by atoms with Gasteiger partial charge in [-0.1, -0.05) is 6.07 Å². The van der Waals surface area contributed by atoms with Crippen LogP contribution in [0.4, 0.5) is 10.5 Å². The molecule has 0 spiro atoms. The number of hydrogen-bond acceptors (Lipinski definition) is 5. The average Bonchev–Trinajstić information content (AvgIpc) is 2.87. The lowest BCUT2D eigenvalue weighted by Crippen LogP contribution is -2.49. The van der Waals surface area contributed by atoms with Crippen molar-refractivity contribution in [1.29, 1.82) is 0 Å². The highest BCUT2D eigenvalue weighted by molar-refractivity contribution is 5.86. The molecule has 1 N–H and O–H groups in total. The van der Waals surface area contributed by atoms with E-state index in [2.05, 4.69) is 9.88 Å². The maximum absolute atomic E-state index is 11.7. The summed E-state index contributed by atoms with van der Waals surface area (Å²) in [5.74, 6) is -0.456. The van der Waals surface area contributed by atoms with Gasteiger partial charge in [0.2, 0.25) is 0 Å². The second-order valence-electron chi connectivity index (χ2n) is 4.84. The molecule has 0 bridgehead atoms. The molecule has 21 heavy (non-hydrogen) atoms. The third kappa shape index (κ3) is 2.58. The van der Waals surface area contributed by atoms with Crippen molar-refractivity contribution in [2.45, 2.75) is 6.92 Å². The summed E-state index contributed by atoms with van der Waals surface area (Å²) in [5, 5.41) is 0. The Morgan fingerprint density at radius 2 is 2.10 bits per heavy atom. The van der Waals surface area contributed by atoms with Crippen molar-refractivity contribution in [3.63, 3.8) is 0 Å². The van der Waals surface area contributed by atoms with Crippen LogP contribution in [0.1, 0.15) is 6.92 Å². The SMILES string of the molecule is CCOC(=O)N1CCN(c2cccc3[nH]c(=O)oc23)CC1. The lowest BCUT2D eigenvalue weighted by molar-refractivity contribution is 0.105. The van der Waals surface area contributed by atoms with Gasteiger partial charge < -0.3 is 19.0 Å². The maximum atomic E-state index is 11.7. The highest BCUT2D eigenvalue weighted by Gasteiger charge is 2.23. The first-order chi connectivity index (χ1) is 10.2. The van der Waals surface area contributed by atoms with Crippen molar-refractivity contribution in [3.05, 3.63) is 28.7 Å².